The first-order valence-corrected chi connectivity index (χ1v) is 10.8. The predicted molar refractivity (Wildman–Crippen MR) is 83.6 cm³/mol. The fourth-order valence-corrected chi connectivity index (χ4v) is 3.24. The van der Waals surface area contributed by atoms with Crippen molar-refractivity contribution < 1.29 is 40.7 Å². The highest BCUT2D eigenvalue weighted by molar-refractivity contribution is 6.74. The maximum absolute atomic E-state index is 13.1. The Bertz CT molecular complexity index is 454. The molecular weight excluding hydrogens is 370 g/mol. The number of aliphatic hydroxyl groups excluding tert-OH is 1. The van der Waals surface area contributed by atoms with Crippen molar-refractivity contribution in [3.05, 3.63) is 0 Å². The van der Waals surface area contributed by atoms with Crippen LogP contribution in [0.15, 0.2) is 0 Å². The zero-order valence-corrected chi connectivity index (χ0v) is 16.2. The first-order chi connectivity index (χ1) is 10.9. The Labute approximate surface area is 144 Å². The summed E-state index contributed by atoms with van der Waals surface area (Å²) in [6, 6.07) is 0. The molecule has 0 aromatic heterocycles. The maximum atomic E-state index is 13.1. The van der Waals surface area contributed by atoms with Crippen LogP contribution in [0.2, 0.25) is 18.1 Å². The van der Waals surface area contributed by atoms with Gasteiger partial charge in [0.1, 0.15) is 6.10 Å². The Balaban J connectivity index is 5.81. The van der Waals surface area contributed by atoms with E-state index >= 15 is 0 Å². The Morgan fingerprint density at radius 3 is 1.76 bits per heavy atom. The second-order valence-corrected chi connectivity index (χ2v) is 12.3. The van der Waals surface area contributed by atoms with Gasteiger partial charge >= 0.3 is 12.4 Å². The number of alkyl halides is 6. The van der Waals surface area contributed by atoms with E-state index in [1.807, 2.05) is 0 Å². The van der Waals surface area contributed by atoms with Crippen LogP contribution in [0.1, 0.15) is 40.5 Å². The van der Waals surface area contributed by atoms with Gasteiger partial charge in [-0.1, -0.05) is 34.1 Å². The van der Waals surface area contributed by atoms with Gasteiger partial charge in [0, 0.05) is 0 Å². The van der Waals surface area contributed by atoms with Crippen molar-refractivity contribution in [3.8, 4) is 0 Å². The molecule has 0 aromatic rings. The minimum Gasteiger partial charge on any atom is -0.407 e. The number of ketones is 1. The number of carbonyl (C=O) groups excluding carboxylic acids is 1. The van der Waals surface area contributed by atoms with Gasteiger partial charge in [-0.2, -0.15) is 26.3 Å². The first kappa shape index (κ1) is 24.4. The molecule has 0 saturated carbocycles. The normalized spacial score (nSPS) is 18.0. The molecule has 0 aliphatic carbocycles. The number of Topliss-reactive ketones (excluding diaryl/α,β-unsaturated/α-hetero) is 1. The Morgan fingerprint density at radius 2 is 1.48 bits per heavy atom. The maximum Gasteiger partial charge on any atom is 0.415 e. The summed E-state index contributed by atoms with van der Waals surface area (Å²) in [4.78, 5) is 12.3. The fraction of sp³-hybridized carbons (Fsp3) is 0.933. The van der Waals surface area contributed by atoms with Crippen molar-refractivity contribution in [2.75, 3.05) is 0 Å². The molecule has 10 heteroatoms. The van der Waals surface area contributed by atoms with Crippen LogP contribution < -0.4 is 0 Å². The highest BCUT2D eigenvalue weighted by Gasteiger charge is 2.59. The molecule has 0 aliphatic heterocycles. The standard InChI is InChI=1S/C15H26F6O3Si/c1-7-8-9(24-25(5,6)13(2,3)4)11(22)10(14(16,17)18)12(23)15(19,20)21/h9-10,12,23H,7-8H2,1-6H3/t9-,10?,12?/m1/s1. The molecular formula is C15H26F6O3Si. The third-order valence-electron chi connectivity index (χ3n) is 4.42. The largest absolute Gasteiger partial charge is 0.415 e. The molecule has 0 aliphatic rings. The van der Waals surface area contributed by atoms with E-state index in [0.29, 0.717) is 0 Å². The molecule has 2 unspecified atom stereocenters. The zero-order chi connectivity index (χ0) is 20.4. The quantitative estimate of drug-likeness (QED) is 0.494. The smallest absolute Gasteiger partial charge is 0.407 e. The molecule has 0 heterocycles. The van der Waals surface area contributed by atoms with Crippen molar-refractivity contribution in [1.29, 1.82) is 0 Å². The molecule has 3 atom stereocenters. The molecule has 1 N–H and O–H groups in total. The molecule has 3 nitrogen and oxygen atoms in total. The third kappa shape index (κ3) is 6.56. The lowest BCUT2D eigenvalue weighted by atomic mass is 9.91. The molecule has 0 rings (SSSR count). The average molecular weight is 396 g/mol. The average Bonchev–Trinajstić information content (AvgIpc) is 2.33. The predicted octanol–water partition coefficient (Wildman–Crippen LogP) is 4.85. The topological polar surface area (TPSA) is 46.5 Å². The number of hydrogen-bond donors (Lipinski definition) is 1. The molecule has 0 amide bonds. The second kappa shape index (κ2) is 7.95. The van der Waals surface area contributed by atoms with Crippen molar-refractivity contribution in [1.82, 2.24) is 0 Å². The summed E-state index contributed by atoms with van der Waals surface area (Å²) in [5.41, 5.74) is 0. The van der Waals surface area contributed by atoms with Crippen LogP contribution in [0.3, 0.4) is 0 Å². The van der Waals surface area contributed by atoms with Crippen LogP contribution in [0.4, 0.5) is 26.3 Å². The molecule has 0 radical (unpaired) electrons. The lowest BCUT2D eigenvalue weighted by Crippen LogP contribution is -2.54. The Morgan fingerprint density at radius 1 is 1.04 bits per heavy atom. The van der Waals surface area contributed by atoms with Gasteiger partial charge < -0.3 is 9.53 Å². The lowest BCUT2D eigenvalue weighted by molar-refractivity contribution is -0.269. The van der Waals surface area contributed by atoms with Crippen LogP contribution >= 0.6 is 0 Å². The molecule has 25 heavy (non-hydrogen) atoms. The molecule has 0 saturated heterocycles. The van der Waals surface area contributed by atoms with Gasteiger partial charge in [-0.15, -0.1) is 0 Å². The summed E-state index contributed by atoms with van der Waals surface area (Å²) < 4.78 is 82.8. The monoisotopic (exact) mass is 396 g/mol. The summed E-state index contributed by atoms with van der Waals surface area (Å²) in [6.07, 6.45) is -16.5. The Kier molecular flexibility index (Phi) is 7.76. The summed E-state index contributed by atoms with van der Waals surface area (Å²) in [5, 5.41) is 8.67. The highest BCUT2D eigenvalue weighted by atomic mass is 28.4. The van der Waals surface area contributed by atoms with Gasteiger partial charge in [-0.25, -0.2) is 0 Å². The molecule has 0 fully saturated rings. The van der Waals surface area contributed by atoms with E-state index in [4.69, 9.17) is 9.53 Å². The first-order valence-electron chi connectivity index (χ1n) is 7.89. The Hall–Kier alpha value is -0.613. The summed E-state index contributed by atoms with van der Waals surface area (Å²) >= 11 is 0. The van der Waals surface area contributed by atoms with E-state index in [0.717, 1.165) is 0 Å². The van der Waals surface area contributed by atoms with E-state index in [1.54, 1.807) is 40.8 Å². The van der Waals surface area contributed by atoms with Gasteiger partial charge in [-0.05, 0) is 24.6 Å². The van der Waals surface area contributed by atoms with Gasteiger partial charge in [0.05, 0.1) is 0 Å². The highest BCUT2D eigenvalue weighted by Crippen LogP contribution is 2.41. The van der Waals surface area contributed by atoms with Crippen molar-refractivity contribution in [2.24, 2.45) is 5.92 Å². The molecule has 0 aromatic carbocycles. The van der Waals surface area contributed by atoms with Crippen LogP contribution in [0.25, 0.3) is 0 Å². The van der Waals surface area contributed by atoms with Gasteiger partial charge in [-0.3, -0.25) is 4.79 Å². The lowest BCUT2D eigenvalue weighted by Gasteiger charge is -2.40. The zero-order valence-electron chi connectivity index (χ0n) is 15.2. The van der Waals surface area contributed by atoms with Gasteiger partial charge in [0.2, 0.25) is 0 Å². The minimum atomic E-state index is -5.57. The van der Waals surface area contributed by atoms with Gasteiger partial charge in [0.15, 0.2) is 26.1 Å². The van der Waals surface area contributed by atoms with E-state index < -0.39 is 49.6 Å². The van der Waals surface area contributed by atoms with E-state index in [-0.39, 0.29) is 12.8 Å². The number of halogens is 6. The number of carbonyl (C=O) groups is 1. The van der Waals surface area contributed by atoms with Crippen LogP contribution in [0, 0.1) is 5.92 Å². The van der Waals surface area contributed by atoms with Crippen molar-refractivity contribution in [3.63, 3.8) is 0 Å². The summed E-state index contributed by atoms with van der Waals surface area (Å²) in [6.45, 7) is 10.3. The van der Waals surface area contributed by atoms with Crippen molar-refractivity contribution in [2.45, 2.75) is 83.2 Å². The molecule has 0 spiro atoms. The number of aliphatic hydroxyl groups is 1. The van der Waals surface area contributed by atoms with E-state index in [1.165, 1.54) is 0 Å². The number of hydrogen-bond acceptors (Lipinski definition) is 3. The van der Waals surface area contributed by atoms with Crippen LogP contribution in [0.5, 0.6) is 0 Å². The SMILES string of the molecule is CCC[C@@H](O[Si](C)(C)C(C)(C)C)C(=O)C(C(O)C(F)(F)F)C(F)(F)F. The summed E-state index contributed by atoms with van der Waals surface area (Å²) in [7, 11) is -2.70. The van der Waals surface area contributed by atoms with E-state index in [9.17, 15) is 31.1 Å². The third-order valence-corrected chi connectivity index (χ3v) is 8.91. The number of rotatable bonds is 7. The minimum absolute atomic E-state index is 0.150. The van der Waals surface area contributed by atoms with Crippen molar-refractivity contribution >= 4 is 14.1 Å². The molecule has 0 bridgehead atoms. The second-order valence-electron chi connectivity index (χ2n) is 7.56. The molecule has 150 valence electrons. The fourth-order valence-electron chi connectivity index (χ4n) is 1.94. The van der Waals surface area contributed by atoms with Crippen LogP contribution in [-0.4, -0.2) is 43.8 Å². The summed E-state index contributed by atoms with van der Waals surface area (Å²) in [5.74, 6) is -5.34. The van der Waals surface area contributed by atoms with Crippen LogP contribution in [-0.2, 0) is 9.22 Å². The van der Waals surface area contributed by atoms with Gasteiger partial charge in [0.25, 0.3) is 0 Å². The van der Waals surface area contributed by atoms with E-state index in [2.05, 4.69) is 0 Å².